The molecule has 0 radical (unpaired) electrons. The molecule has 1 N–H and O–H groups in total. The van der Waals surface area contributed by atoms with Gasteiger partial charge in [0.25, 0.3) is 0 Å². The molecule has 1 atom stereocenters. The van der Waals surface area contributed by atoms with Crippen molar-refractivity contribution >= 4 is 5.91 Å². The normalized spacial score (nSPS) is 23.0. The molecule has 1 aromatic rings. The first-order valence-electron chi connectivity index (χ1n) is 9.91. The molecule has 2 fully saturated rings. The van der Waals surface area contributed by atoms with E-state index in [1.165, 1.54) is 51.5 Å². The second-order valence-electron chi connectivity index (χ2n) is 7.57. The van der Waals surface area contributed by atoms with Crippen LogP contribution in [0.4, 0.5) is 0 Å². The van der Waals surface area contributed by atoms with Gasteiger partial charge >= 0.3 is 0 Å². The largest absolute Gasteiger partial charge is 0.497 e. The number of hydrogen-bond donors (Lipinski definition) is 1. The highest BCUT2D eigenvalue weighted by atomic mass is 16.5. The summed E-state index contributed by atoms with van der Waals surface area (Å²) < 4.78 is 5.17. The Morgan fingerprint density at radius 2 is 1.80 bits per heavy atom. The van der Waals surface area contributed by atoms with Crippen LogP contribution in [0, 0.1) is 0 Å². The highest BCUT2D eigenvalue weighted by molar-refractivity contribution is 5.78. The lowest BCUT2D eigenvalue weighted by Gasteiger charge is -2.38. The Hall–Kier alpha value is -1.55. The van der Waals surface area contributed by atoms with E-state index in [9.17, 15) is 4.79 Å². The van der Waals surface area contributed by atoms with E-state index in [-0.39, 0.29) is 5.91 Å². The summed E-state index contributed by atoms with van der Waals surface area (Å²) in [6.45, 7) is 2.23. The summed E-state index contributed by atoms with van der Waals surface area (Å²) in [6, 6.07) is 8.81. The quantitative estimate of drug-likeness (QED) is 0.831. The number of likely N-dealkylation sites (tertiary alicyclic amines) is 1. The maximum absolute atomic E-state index is 12.4. The zero-order valence-electron chi connectivity index (χ0n) is 15.5. The molecule has 0 aromatic heterocycles. The van der Waals surface area contributed by atoms with Gasteiger partial charge in [-0.05, 0) is 49.9 Å². The molecule has 1 saturated heterocycles. The number of amides is 1. The minimum atomic E-state index is 0.137. The van der Waals surface area contributed by atoms with Gasteiger partial charge in [0, 0.05) is 18.6 Å². The first kappa shape index (κ1) is 18.2. The summed E-state index contributed by atoms with van der Waals surface area (Å²) in [4.78, 5) is 15.1. The van der Waals surface area contributed by atoms with Gasteiger partial charge in [-0.2, -0.15) is 0 Å². The standard InChI is InChI=1S/C21H32N2O2/c1-25-20-12-10-17(11-13-20)15-21(24)22-18-7-6-14-23(16-18)19-8-4-2-3-5-9-19/h10-13,18-19H,2-9,14-16H2,1H3,(H,22,24)/t18-/m0/s1. The van der Waals surface area contributed by atoms with Crippen molar-refractivity contribution in [2.24, 2.45) is 0 Å². The molecule has 1 aliphatic carbocycles. The zero-order chi connectivity index (χ0) is 17.5. The number of ether oxygens (including phenoxy) is 1. The number of benzene rings is 1. The predicted molar refractivity (Wildman–Crippen MR) is 101 cm³/mol. The monoisotopic (exact) mass is 344 g/mol. The van der Waals surface area contributed by atoms with Crippen LogP contribution < -0.4 is 10.1 Å². The van der Waals surface area contributed by atoms with E-state index in [1.807, 2.05) is 24.3 Å². The van der Waals surface area contributed by atoms with Crippen molar-refractivity contribution in [1.82, 2.24) is 10.2 Å². The number of piperidine rings is 1. The van der Waals surface area contributed by atoms with Crippen molar-refractivity contribution < 1.29 is 9.53 Å². The molecule has 0 spiro atoms. The van der Waals surface area contributed by atoms with Crippen molar-refractivity contribution in [3.63, 3.8) is 0 Å². The van der Waals surface area contributed by atoms with Crippen LogP contribution in [0.1, 0.15) is 56.9 Å². The molecule has 1 amide bonds. The van der Waals surface area contributed by atoms with E-state index in [0.29, 0.717) is 12.5 Å². The van der Waals surface area contributed by atoms with Gasteiger partial charge in [0.1, 0.15) is 5.75 Å². The zero-order valence-corrected chi connectivity index (χ0v) is 15.5. The third kappa shape index (κ3) is 5.46. The molecule has 0 bridgehead atoms. The van der Waals surface area contributed by atoms with E-state index < -0.39 is 0 Å². The Labute approximate surface area is 151 Å². The summed E-state index contributed by atoms with van der Waals surface area (Å²) in [5.74, 6) is 0.966. The first-order valence-corrected chi connectivity index (χ1v) is 9.91. The number of rotatable bonds is 5. The van der Waals surface area contributed by atoms with Crippen molar-refractivity contribution in [2.45, 2.75) is 69.9 Å². The Morgan fingerprint density at radius 3 is 2.48 bits per heavy atom. The Bertz CT molecular complexity index is 535. The summed E-state index contributed by atoms with van der Waals surface area (Å²) in [5.41, 5.74) is 1.04. The molecule has 4 nitrogen and oxygen atoms in total. The molecular formula is C21H32N2O2. The molecule has 2 aliphatic rings. The van der Waals surface area contributed by atoms with E-state index >= 15 is 0 Å². The molecule has 0 unspecified atom stereocenters. The Morgan fingerprint density at radius 1 is 1.08 bits per heavy atom. The average molecular weight is 344 g/mol. The second-order valence-corrected chi connectivity index (χ2v) is 7.57. The second kappa shape index (κ2) is 9.23. The number of carbonyl (C=O) groups excluding carboxylic acids is 1. The number of methoxy groups -OCH3 is 1. The van der Waals surface area contributed by atoms with Gasteiger partial charge in [-0.3, -0.25) is 9.69 Å². The summed E-state index contributed by atoms with van der Waals surface area (Å²) in [7, 11) is 1.66. The van der Waals surface area contributed by atoms with Crippen LogP contribution >= 0.6 is 0 Å². The van der Waals surface area contributed by atoms with Crippen molar-refractivity contribution in [2.75, 3.05) is 20.2 Å². The summed E-state index contributed by atoms with van der Waals surface area (Å²) >= 11 is 0. The van der Waals surface area contributed by atoms with Crippen LogP contribution in [0.3, 0.4) is 0 Å². The van der Waals surface area contributed by atoms with Crippen LogP contribution in [0.2, 0.25) is 0 Å². The maximum Gasteiger partial charge on any atom is 0.224 e. The smallest absolute Gasteiger partial charge is 0.224 e. The van der Waals surface area contributed by atoms with Crippen LogP contribution in [-0.2, 0) is 11.2 Å². The molecular weight excluding hydrogens is 312 g/mol. The van der Waals surface area contributed by atoms with Gasteiger partial charge in [0.15, 0.2) is 0 Å². The number of hydrogen-bond acceptors (Lipinski definition) is 3. The number of nitrogens with one attached hydrogen (secondary N) is 1. The topological polar surface area (TPSA) is 41.6 Å². The van der Waals surface area contributed by atoms with Crippen LogP contribution in [0.15, 0.2) is 24.3 Å². The highest BCUT2D eigenvalue weighted by Gasteiger charge is 2.27. The van der Waals surface area contributed by atoms with E-state index in [2.05, 4.69) is 10.2 Å². The molecule has 1 aromatic carbocycles. The first-order chi connectivity index (χ1) is 12.2. The summed E-state index contributed by atoms with van der Waals surface area (Å²) in [5, 5.41) is 3.27. The van der Waals surface area contributed by atoms with E-state index in [1.54, 1.807) is 7.11 Å². The van der Waals surface area contributed by atoms with Crippen LogP contribution in [0.5, 0.6) is 5.75 Å². The van der Waals surface area contributed by atoms with Gasteiger partial charge in [0.05, 0.1) is 13.5 Å². The van der Waals surface area contributed by atoms with Crippen LogP contribution in [-0.4, -0.2) is 43.1 Å². The molecule has 3 rings (SSSR count). The highest BCUT2D eigenvalue weighted by Crippen LogP contribution is 2.24. The molecule has 1 saturated carbocycles. The van der Waals surface area contributed by atoms with Gasteiger partial charge in [-0.1, -0.05) is 37.8 Å². The van der Waals surface area contributed by atoms with Gasteiger partial charge in [-0.15, -0.1) is 0 Å². The van der Waals surface area contributed by atoms with Gasteiger partial charge < -0.3 is 10.1 Å². The van der Waals surface area contributed by atoms with Crippen LogP contribution in [0.25, 0.3) is 0 Å². The Kier molecular flexibility index (Phi) is 6.74. The lowest BCUT2D eigenvalue weighted by atomic mass is 9.99. The average Bonchev–Trinajstić information content (AvgIpc) is 2.92. The lowest BCUT2D eigenvalue weighted by molar-refractivity contribution is -0.121. The van der Waals surface area contributed by atoms with E-state index in [4.69, 9.17) is 4.74 Å². The van der Waals surface area contributed by atoms with Crippen molar-refractivity contribution in [1.29, 1.82) is 0 Å². The number of carbonyl (C=O) groups is 1. The third-order valence-corrected chi connectivity index (χ3v) is 5.68. The van der Waals surface area contributed by atoms with Crippen molar-refractivity contribution in [3.05, 3.63) is 29.8 Å². The fourth-order valence-corrected chi connectivity index (χ4v) is 4.29. The molecule has 1 heterocycles. The fraction of sp³-hybridized carbons (Fsp3) is 0.667. The minimum absolute atomic E-state index is 0.137. The van der Waals surface area contributed by atoms with Gasteiger partial charge in [-0.25, -0.2) is 0 Å². The third-order valence-electron chi connectivity index (χ3n) is 5.68. The minimum Gasteiger partial charge on any atom is -0.497 e. The molecule has 4 heteroatoms. The molecule has 1 aliphatic heterocycles. The van der Waals surface area contributed by atoms with Crippen molar-refractivity contribution in [3.8, 4) is 5.75 Å². The predicted octanol–water partition coefficient (Wildman–Crippen LogP) is 3.54. The molecule has 138 valence electrons. The number of nitrogens with zero attached hydrogens (tertiary/aromatic N) is 1. The fourth-order valence-electron chi connectivity index (χ4n) is 4.29. The summed E-state index contributed by atoms with van der Waals surface area (Å²) in [6.07, 6.45) is 11.0. The van der Waals surface area contributed by atoms with Gasteiger partial charge in [0.2, 0.25) is 5.91 Å². The van der Waals surface area contributed by atoms with E-state index in [0.717, 1.165) is 30.3 Å². The Balaban J connectivity index is 1.48. The maximum atomic E-state index is 12.4. The SMILES string of the molecule is COc1ccc(CC(=O)N[C@H]2CCCN(C3CCCCCC3)C2)cc1. The lowest BCUT2D eigenvalue weighted by Crippen LogP contribution is -2.51. The molecule has 25 heavy (non-hydrogen) atoms.